The summed E-state index contributed by atoms with van der Waals surface area (Å²) >= 11 is 1.46. The number of esters is 1. The maximum absolute atomic E-state index is 10.9. The Morgan fingerprint density at radius 3 is 2.93 bits per heavy atom. The van der Waals surface area contributed by atoms with E-state index < -0.39 is 6.29 Å². The van der Waals surface area contributed by atoms with Crippen LogP contribution in [0.15, 0.2) is 0 Å². The Kier molecular flexibility index (Phi) is 9.05. The molecule has 0 aliphatic carbocycles. The number of carbonyl (C=O) groups excluding carboxylic acids is 1. The van der Waals surface area contributed by atoms with E-state index in [1.165, 1.54) is 11.8 Å². The van der Waals surface area contributed by atoms with Gasteiger partial charge in [0.1, 0.15) is 12.0 Å². The molecule has 0 aromatic rings. The monoisotopic (exact) mass is 433 g/mol. The SMILES string of the molecule is CCCC(=O)OCC1OC(O)CS1.[Ac]. The van der Waals surface area contributed by atoms with Gasteiger partial charge >= 0.3 is 5.97 Å². The van der Waals surface area contributed by atoms with Crippen molar-refractivity contribution >= 4 is 17.7 Å². The molecule has 1 aliphatic rings. The molecule has 1 heterocycles. The first kappa shape index (κ1) is 15.2. The summed E-state index contributed by atoms with van der Waals surface area (Å²) in [5.74, 6) is 0.351. The third-order valence-electron chi connectivity index (χ3n) is 1.57. The summed E-state index contributed by atoms with van der Waals surface area (Å²) < 4.78 is 9.95. The second-order valence-electron chi connectivity index (χ2n) is 2.79. The van der Waals surface area contributed by atoms with Gasteiger partial charge in [-0.3, -0.25) is 4.79 Å². The van der Waals surface area contributed by atoms with Crippen LogP contribution in [-0.4, -0.2) is 35.2 Å². The molecule has 2 unspecified atom stereocenters. The largest absolute Gasteiger partial charge is 0.462 e. The van der Waals surface area contributed by atoms with Gasteiger partial charge in [0.25, 0.3) is 0 Å². The second kappa shape index (κ2) is 8.35. The number of aliphatic hydroxyl groups is 1. The molecular formula is C8H14AcO4S. The fourth-order valence-corrected chi connectivity index (χ4v) is 1.80. The van der Waals surface area contributed by atoms with Crippen molar-refractivity contribution in [2.24, 2.45) is 0 Å². The minimum absolute atomic E-state index is 0. The van der Waals surface area contributed by atoms with Crippen molar-refractivity contribution in [1.82, 2.24) is 0 Å². The van der Waals surface area contributed by atoms with Crippen LogP contribution >= 0.6 is 11.8 Å². The van der Waals surface area contributed by atoms with E-state index in [1.54, 1.807) is 0 Å². The average molecular weight is 433 g/mol. The standard InChI is InChI=1S/C8H14O4S.Ac/c1-2-3-6(9)11-4-8-12-7(10)5-13-8;/h7-8,10H,2-5H2,1H3;. The first-order valence-corrected chi connectivity index (χ1v) is 5.38. The Hall–Kier alpha value is 1.18. The normalized spacial score (nSPS) is 25.6. The number of hydrogen-bond acceptors (Lipinski definition) is 5. The van der Waals surface area contributed by atoms with Crippen LogP contribution in [0.1, 0.15) is 19.8 Å². The van der Waals surface area contributed by atoms with E-state index in [9.17, 15) is 4.79 Å². The minimum Gasteiger partial charge on any atom is -0.462 e. The van der Waals surface area contributed by atoms with Crippen molar-refractivity contribution in [2.45, 2.75) is 31.5 Å². The molecule has 6 heteroatoms. The van der Waals surface area contributed by atoms with E-state index in [1.807, 2.05) is 6.92 Å². The Balaban J connectivity index is 0.00000169. The van der Waals surface area contributed by atoms with Crippen molar-refractivity contribution < 1.29 is 63.4 Å². The Morgan fingerprint density at radius 1 is 1.71 bits per heavy atom. The molecule has 0 bridgehead atoms. The van der Waals surface area contributed by atoms with Gasteiger partial charge in [-0.1, -0.05) is 6.92 Å². The van der Waals surface area contributed by atoms with Crippen LogP contribution in [0.2, 0.25) is 0 Å². The molecule has 1 N–H and O–H groups in total. The van der Waals surface area contributed by atoms with Gasteiger partial charge in [-0.05, 0) is 6.42 Å². The van der Waals surface area contributed by atoms with Gasteiger partial charge in [-0.2, -0.15) is 0 Å². The van der Waals surface area contributed by atoms with E-state index in [0.717, 1.165) is 6.42 Å². The fraction of sp³-hybridized carbons (Fsp3) is 0.875. The first-order valence-electron chi connectivity index (χ1n) is 4.33. The van der Waals surface area contributed by atoms with Crippen LogP contribution in [0.25, 0.3) is 0 Å². The molecule has 0 saturated carbocycles. The summed E-state index contributed by atoms with van der Waals surface area (Å²) in [6.45, 7) is 2.16. The van der Waals surface area contributed by atoms with Crippen LogP contribution in [0.5, 0.6) is 0 Å². The molecule has 1 aliphatic heterocycles. The Morgan fingerprint density at radius 2 is 2.43 bits per heavy atom. The van der Waals surface area contributed by atoms with E-state index in [-0.39, 0.29) is 62.1 Å². The summed E-state index contributed by atoms with van der Waals surface area (Å²) in [5, 5.41) is 8.98. The number of hydrogen-bond donors (Lipinski definition) is 1. The van der Waals surface area contributed by atoms with Crippen LogP contribution in [0.3, 0.4) is 0 Å². The molecule has 4 nitrogen and oxygen atoms in total. The van der Waals surface area contributed by atoms with Gasteiger partial charge in [-0.25, -0.2) is 0 Å². The summed E-state index contributed by atoms with van der Waals surface area (Å²) in [6.07, 6.45) is 0.528. The third-order valence-corrected chi connectivity index (χ3v) is 2.66. The van der Waals surface area contributed by atoms with Crippen molar-refractivity contribution in [2.75, 3.05) is 12.4 Å². The van der Waals surface area contributed by atoms with E-state index in [2.05, 4.69) is 0 Å². The zero-order chi connectivity index (χ0) is 9.68. The molecule has 14 heavy (non-hydrogen) atoms. The molecule has 0 aromatic carbocycles. The quantitative estimate of drug-likeness (QED) is 0.664. The van der Waals surface area contributed by atoms with Crippen LogP contribution < -0.4 is 0 Å². The predicted octanol–water partition coefficient (Wildman–Crippen LogP) is 0.738. The molecule has 0 spiro atoms. The Labute approximate surface area is 124 Å². The van der Waals surface area contributed by atoms with Crippen molar-refractivity contribution in [3.8, 4) is 0 Å². The van der Waals surface area contributed by atoms with Crippen molar-refractivity contribution in [1.29, 1.82) is 0 Å². The number of ether oxygens (including phenoxy) is 2. The van der Waals surface area contributed by atoms with Crippen LogP contribution in [0.4, 0.5) is 0 Å². The second-order valence-corrected chi connectivity index (χ2v) is 3.98. The molecule has 1 radical (unpaired) electrons. The molecule has 1 saturated heterocycles. The van der Waals surface area contributed by atoms with Gasteiger partial charge in [0.05, 0.1) is 0 Å². The molecule has 2 atom stereocenters. The minimum atomic E-state index is -0.708. The smallest absolute Gasteiger partial charge is 0.305 e. The van der Waals surface area contributed by atoms with Gasteiger partial charge in [0.15, 0.2) is 6.29 Å². The van der Waals surface area contributed by atoms with Crippen LogP contribution in [-0.2, 0) is 14.3 Å². The first-order chi connectivity index (χ1) is 6.22. The zero-order valence-corrected chi connectivity index (χ0v) is 13.7. The average Bonchev–Trinajstić information content (AvgIpc) is 2.49. The third kappa shape index (κ3) is 5.92. The van der Waals surface area contributed by atoms with E-state index in [0.29, 0.717) is 12.2 Å². The van der Waals surface area contributed by atoms with Gasteiger partial charge < -0.3 is 14.6 Å². The predicted molar refractivity (Wildman–Crippen MR) is 49.2 cm³/mol. The van der Waals surface area contributed by atoms with Gasteiger partial charge in [0.2, 0.25) is 0 Å². The molecule has 0 aromatic heterocycles. The van der Waals surface area contributed by atoms with E-state index in [4.69, 9.17) is 14.6 Å². The summed E-state index contributed by atoms with van der Waals surface area (Å²) in [5.41, 5.74) is -0.198. The van der Waals surface area contributed by atoms with E-state index >= 15 is 0 Å². The Bertz CT molecular complexity index is 179. The maximum atomic E-state index is 10.9. The van der Waals surface area contributed by atoms with Crippen molar-refractivity contribution in [3.63, 3.8) is 0 Å². The zero-order valence-electron chi connectivity index (χ0n) is 8.14. The maximum Gasteiger partial charge on any atom is 0.305 e. The van der Waals surface area contributed by atoms with Gasteiger partial charge in [0, 0.05) is 56.2 Å². The molecule has 1 fully saturated rings. The fourth-order valence-electron chi connectivity index (χ4n) is 0.968. The van der Waals surface area contributed by atoms with Crippen LogP contribution in [0, 0.1) is 44.1 Å². The van der Waals surface area contributed by atoms with Gasteiger partial charge in [-0.15, -0.1) is 11.8 Å². The van der Waals surface area contributed by atoms with Crippen molar-refractivity contribution in [3.05, 3.63) is 0 Å². The molecule has 79 valence electrons. The summed E-state index contributed by atoms with van der Waals surface area (Å²) in [7, 11) is 0. The number of thioether (sulfide) groups is 1. The number of carbonyl (C=O) groups is 1. The molecule has 0 amide bonds. The number of aliphatic hydroxyl groups excluding tert-OH is 1. The molecule has 1 rings (SSSR count). The summed E-state index contributed by atoms with van der Waals surface area (Å²) in [4.78, 5) is 10.9. The summed E-state index contributed by atoms with van der Waals surface area (Å²) in [6, 6.07) is 0. The molecular weight excluding hydrogens is 419 g/mol. The number of rotatable bonds is 4. The topological polar surface area (TPSA) is 55.8 Å².